The molecule has 25 nitrogen and oxygen atoms in total. The average Bonchev–Trinajstić information content (AvgIpc) is 0.885. The first kappa shape index (κ1) is 83.8. The fourth-order valence-corrected chi connectivity index (χ4v) is 13.1. The molecule has 1 rings (SSSR count). The molecule has 13 atom stereocenters. The van der Waals surface area contributed by atoms with Crippen LogP contribution in [0.5, 0.6) is 0 Å². The van der Waals surface area contributed by atoms with Gasteiger partial charge in [0.05, 0.1) is 11.7 Å². The van der Waals surface area contributed by atoms with Crippen molar-refractivity contribution >= 4 is 88.5 Å². The van der Waals surface area contributed by atoms with Crippen LogP contribution in [0.3, 0.4) is 0 Å². The van der Waals surface area contributed by atoms with Gasteiger partial charge < -0.3 is 70.7 Å². The van der Waals surface area contributed by atoms with E-state index in [1.807, 2.05) is 66.8 Å². The largest absolute Gasteiger partial charge is 0.390 e. The number of aliphatic hydroxyl groups excluding tert-OH is 1. The van der Waals surface area contributed by atoms with E-state index in [0.717, 1.165) is 21.6 Å². The van der Waals surface area contributed by atoms with Gasteiger partial charge in [-0.25, -0.2) is 0 Å². The number of likely N-dealkylation sites (N-methyl/N-ethyl adjacent to an activating group) is 7. The van der Waals surface area contributed by atoms with Gasteiger partial charge in [0, 0.05) is 68.1 Å². The molecule has 1 fully saturated rings. The quantitative estimate of drug-likeness (QED) is 0.108. The van der Waals surface area contributed by atoms with Gasteiger partial charge in [0.25, 0.3) is 5.91 Å². The molecule has 27 heteroatoms. The Kier molecular flexibility index (Phi) is 34.6. The summed E-state index contributed by atoms with van der Waals surface area (Å²) >= 11 is 2.50. The Bertz CT molecular complexity index is 2460. The Morgan fingerprint density at radius 1 is 0.505 bits per heavy atom. The van der Waals surface area contributed by atoms with E-state index >= 15 is 28.8 Å². The van der Waals surface area contributed by atoms with E-state index in [0.29, 0.717) is 18.1 Å². The zero-order valence-electron chi connectivity index (χ0n) is 59.8. The molecular formula is C64H118N12O13S2. The summed E-state index contributed by atoms with van der Waals surface area (Å²) in [5.41, 5.74) is -1.58. The highest BCUT2D eigenvalue weighted by atomic mass is 32.2. The lowest BCUT2D eigenvalue weighted by Gasteiger charge is -2.41. The Hall–Kier alpha value is -5.25. The molecule has 0 spiro atoms. The molecule has 1 aliphatic heterocycles. The lowest BCUT2D eigenvalue weighted by atomic mass is 9.93. The van der Waals surface area contributed by atoms with Crippen LogP contribution in [0.1, 0.15) is 143 Å². The number of hydrogen-bond acceptors (Lipinski definition) is 16. The van der Waals surface area contributed by atoms with Crippen molar-refractivity contribution in [3.05, 3.63) is 0 Å². The molecule has 0 radical (unpaired) electrons. The minimum absolute atomic E-state index is 0.0261. The third kappa shape index (κ3) is 24.2. The van der Waals surface area contributed by atoms with Crippen LogP contribution in [0, 0.1) is 35.5 Å². The van der Waals surface area contributed by atoms with Gasteiger partial charge in [-0.1, -0.05) is 83.1 Å². The van der Waals surface area contributed by atoms with Crippen LogP contribution in [0.25, 0.3) is 0 Å². The predicted molar refractivity (Wildman–Crippen MR) is 359 cm³/mol. The predicted octanol–water partition coefficient (Wildman–Crippen LogP) is 2.40. The van der Waals surface area contributed by atoms with Crippen molar-refractivity contribution in [2.24, 2.45) is 35.5 Å². The molecule has 1 saturated heterocycles. The number of nitrogens with one attached hydrogen (secondary N) is 4. The van der Waals surface area contributed by atoms with Crippen LogP contribution < -0.4 is 21.3 Å². The second-order valence-corrected chi connectivity index (χ2v) is 30.0. The number of hydrogen-bond donors (Lipinski definition) is 6. The molecule has 0 aromatic rings. The van der Waals surface area contributed by atoms with Gasteiger partial charge in [0.15, 0.2) is 5.37 Å². The van der Waals surface area contributed by atoms with E-state index in [2.05, 4.69) is 21.3 Å². The van der Waals surface area contributed by atoms with E-state index in [1.165, 1.54) is 113 Å². The lowest BCUT2D eigenvalue weighted by molar-refractivity contribution is -0.157. The summed E-state index contributed by atoms with van der Waals surface area (Å²) in [6, 6.07) is -13.0. The summed E-state index contributed by atoms with van der Waals surface area (Å²) in [5.74, 6) is -9.59. The van der Waals surface area contributed by atoms with Gasteiger partial charge in [-0.15, -0.1) is 11.8 Å². The van der Waals surface area contributed by atoms with E-state index in [-0.39, 0.29) is 49.9 Å². The van der Waals surface area contributed by atoms with Crippen LogP contribution >= 0.6 is 23.5 Å². The van der Waals surface area contributed by atoms with Crippen LogP contribution in [0.4, 0.5) is 0 Å². The van der Waals surface area contributed by atoms with Gasteiger partial charge in [0.1, 0.15) is 60.4 Å². The first-order valence-corrected chi connectivity index (χ1v) is 34.5. The van der Waals surface area contributed by atoms with E-state index in [9.17, 15) is 34.2 Å². The van der Waals surface area contributed by atoms with Crippen molar-refractivity contribution in [1.82, 2.24) is 60.5 Å². The monoisotopic (exact) mass is 1330 g/mol. The molecule has 0 aromatic heterocycles. The maximum atomic E-state index is 15.3. The van der Waals surface area contributed by atoms with Crippen molar-refractivity contribution in [3.8, 4) is 0 Å². The highest BCUT2D eigenvalue weighted by Crippen LogP contribution is 2.27. The Balaban J connectivity index is 4.53. The van der Waals surface area contributed by atoms with E-state index < -0.39 is 160 Å². The molecule has 11 amide bonds. The molecule has 6 N–H and O–H groups in total. The minimum atomic E-state index is -1.64. The average molecular weight is 1330 g/mol. The van der Waals surface area contributed by atoms with Crippen LogP contribution in [0.2, 0.25) is 0 Å². The van der Waals surface area contributed by atoms with Gasteiger partial charge in [0.2, 0.25) is 59.1 Å². The van der Waals surface area contributed by atoms with Crippen LogP contribution in [0.15, 0.2) is 0 Å². The number of carbonyl (C=O) groups is 11. The van der Waals surface area contributed by atoms with E-state index in [1.54, 1.807) is 41.5 Å². The molecule has 524 valence electrons. The van der Waals surface area contributed by atoms with Gasteiger partial charge in [-0.3, -0.25) is 52.7 Å². The number of nitrogens with zero attached hydrogens (tertiary/aromatic N) is 8. The molecule has 0 aliphatic carbocycles. The summed E-state index contributed by atoms with van der Waals surface area (Å²) < 4.78 is 0. The second kappa shape index (κ2) is 37.6. The van der Waals surface area contributed by atoms with Crippen molar-refractivity contribution in [2.75, 3.05) is 87.7 Å². The fraction of sp³-hybridized carbons (Fsp3) is 0.828. The molecule has 91 heavy (non-hydrogen) atoms. The van der Waals surface area contributed by atoms with Crippen molar-refractivity contribution in [3.63, 3.8) is 0 Å². The summed E-state index contributed by atoms with van der Waals surface area (Å²) in [4.78, 5) is 173. The number of amides is 11. The Morgan fingerprint density at radius 2 is 0.945 bits per heavy atom. The molecular weight excluding hydrogens is 1210 g/mol. The molecule has 1 unspecified atom stereocenters. The van der Waals surface area contributed by atoms with Gasteiger partial charge >= 0.3 is 0 Å². The number of carbonyl (C=O) groups excluding carboxylic acids is 11. The zero-order chi connectivity index (χ0) is 70.8. The first-order valence-electron chi connectivity index (χ1n) is 32.1. The minimum Gasteiger partial charge on any atom is -0.390 e. The summed E-state index contributed by atoms with van der Waals surface area (Å²) in [7, 11) is 13.5. The SMILES string of the molecule is CC[C@@H]1NC(=O)C([C@H](O)[C@H](C)CSC)N(C)C(=O)[C@H](C(C)C)N(C)C(=O)[C@H](CC(C)C)N(C)C(=O)[C@H](CC(C)C)N(C)C(=O)[C@@H](C)NC(=O)[C@H](C)NC(=O)[C@H](CC(C)C)N(C)C(=O)[C@H](C(C)C)NC(=O)[C@H](CC(C)(C)O)N(C)C(=O)[C@@H](SCCN(C)C)N(C)C1=O. The number of thioether (sulfide) groups is 2. The third-order valence-electron chi connectivity index (χ3n) is 16.7. The highest BCUT2D eigenvalue weighted by molar-refractivity contribution is 8.00. The Labute approximate surface area is 553 Å². The third-order valence-corrected chi connectivity index (χ3v) is 18.8. The molecule has 0 aromatic carbocycles. The summed E-state index contributed by atoms with van der Waals surface area (Å²) in [6.07, 6.45) is 0.337. The van der Waals surface area contributed by atoms with Gasteiger partial charge in [-0.05, 0) is 115 Å². The highest BCUT2D eigenvalue weighted by Gasteiger charge is 2.47. The molecule has 0 saturated carbocycles. The summed E-state index contributed by atoms with van der Waals surface area (Å²) in [5, 5.41) is 33.2. The van der Waals surface area contributed by atoms with Crippen molar-refractivity contribution in [2.45, 2.75) is 220 Å². The maximum absolute atomic E-state index is 15.3. The zero-order valence-corrected chi connectivity index (χ0v) is 61.5. The molecule has 1 heterocycles. The fourth-order valence-electron chi connectivity index (χ4n) is 11.1. The number of aliphatic hydroxyl groups is 2. The maximum Gasteiger partial charge on any atom is 0.256 e. The van der Waals surface area contributed by atoms with Gasteiger partial charge in [-0.2, -0.15) is 11.8 Å². The molecule has 0 bridgehead atoms. The Morgan fingerprint density at radius 3 is 1.40 bits per heavy atom. The standard InChI is InChI=1S/C64H118N12O13S2/c1-27-43-57(83)76(25)63(91-29-28-69(17)18)62(88)73(22)47(33-64(15,16)89)54(80)68-48(38(8)9)60(86)70(19)44(30-35(2)3)53(79)65-41(13)52(78)66-42(14)56(82)71(20)45(31-36(4)5)58(84)72(21)46(32-37(6)7)59(85)74(23)49(39(10)11)61(87)75(24)50(55(81)67-43)51(77)40(12)34-90-26/h35-51,63,77,89H,27-34H2,1-26H3,(H,65,79)(H,66,78)(H,67,81)(H,68,80)/t40-,41+,42-,43+,44+,45+,46+,47+,48+,49+,50?,51-,63-/m1/s1. The smallest absolute Gasteiger partial charge is 0.256 e. The normalized spacial score (nSPS) is 26.9. The van der Waals surface area contributed by atoms with Crippen LogP contribution in [-0.2, 0) is 52.7 Å². The van der Waals surface area contributed by atoms with Crippen LogP contribution in [-0.4, -0.2) is 280 Å². The topological polar surface area (TPSA) is 302 Å². The lowest BCUT2D eigenvalue weighted by Crippen LogP contribution is -2.64. The first-order chi connectivity index (χ1) is 41.8. The number of rotatable bonds is 19. The van der Waals surface area contributed by atoms with E-state index in [4.69, 9.17) is 0 Å². The van der Waals surface area contributed by atoms with Crippen molar-refractivity contribution in [1.29, 1.82) is 0 Å². The second-order valence-electron chi connectivity index (χ2n) is 27.9. The molecule has 1 aliphatic rings. The summed E-state index contributed by atoms with van der Waals surface area (Å²) in [6.45, 7) is 27.6. The van der Waals surface area contributed by atoms with Crippen molar-refractivity contribution < 1.29 is 63.0 Å².